The lowest BCUT2D eigenvalue weighted by Gasteiger charge is -2.17. The molecule has 1 aromatic carbocycles. The van der Waals surface area contributed by atoms with Crippen LogP contribution in [0, 0.1) is 0 Å². The Hall–Kier alpha value is -1.11. The van der Waals surface area contributed by atoms with Crippen LogP contribution in [0.1, 0.15) is 88.5 Å². The SMILES string of the molecule is CC.CCCCc1cc2c(cc1CC)CCCC(=O)C2C. The zero-order valence-electron chi connectivity index (χ0n) is 14.6. The second kappa shape index (κ2) is 9.02. The number of Topliss-reactive ketones (excluding diaryl/α,β-unsaturated/α-hetero) is 1. The molecule has 118 valence electrons. The third-order valence-corrected chi connectivity index (χ3v) is 4.46. The zero-order chi connectivity index (χ0) is 15.8. The summed E-state index contributed by atoms with van der Waals surface area (Å²) in [7, 11) is 0. The molecule has 0 saturated heterocycles. The first-order chi connectivity index (χ1) is 10.2. The van der Waals surface area contributed by atoms with Gasteiger partial charge in [-0.2, -0.15) is 0 Å². The average Bonchev–Trinajstić information content (AvgIpc) is 2.66. The molecule has 1 aliphatic carbocycles. The van der Waals surface area contributed by atoms with Crippen molar-refractivity contribution in [1.82, 2.24) is 0 Å². The van der Waals surface area contributed by atoms with Crippen molar-refractivity contribution in [2.75, 3.05) is 0 Å². The van der Waals surface area contributed by atoms with Crippen LogP contribution in [0.4, 0.5) is 0 Å². The van der Waals surface area contributed by atoms with Crippen molar-refractivity contribution in [2.24, 2.45) is 0 Å². The Bertz CT molecular complexity index is 459. The maximum Gasteiger partial charge on any atom is 0.140 e. The Morgan fingerprint density at radius 1 is 1.10 bits per heavy atom. The van der Waals surface area contributed by atoms with Crippen molar-refractivity contribution in [1.29, 1.82) is 0 Å². The Morgan fingerprint density at radius 2 is 1.81 bits per heavy atom. The highest BCUT2D eigenvalue weighted by Gasteiger charge is 2.22. The Labute approximate surface area is 131 Å². The molecule has 21 heavy (non-hydrogen) atoms. The zero-order valence-corrected chi connectivity index (χ0v) is 14.6. The molecule has 0 amide bonds. The fraction of sp³-hybridized carbons (Fsp3) is 0.650. The molecular formula is C20H32O. The largest absolute Gasteiger partial charge is 0.299 e. The maximum atomic E-state index is 12.1. The van der Waals surface area contributed by atoms with E-state index in [9.17, 15) is 4.79 Å². The summed E-state index contributed by atoms with van der Waals surface area (Å²) in [6.45, 7) is 10.6. The molecule has 0 bridgehead atoms. The minimum absolute atomic E-state index is 0.101. The summed E-state index contributed by atoms with van der Waals surface area (Å²) in [6.07, 6.45) is 7.59. The molecule has 0 radical (unpaired) electrons. The molecule has 0 spiro atoms. The molecule has 0 aromatic heterocycles. The number of aryl methyl sites for hydroxylation is 3. The first-order valence-corrected chi connectivity index (χ1v) is 8.84. The summed E-state index contributed by atoms with van der Waals surface area (Å²) in [5, 5.41) is 0. The first-order valence-electron chi connectivity index (χ1n) is 8.84. The summed E-state index contributed by atoms with van der Waals surface area (Å²) < 4.78 is 0. The fourth-order valence-electron chi connectivity index (χ4n) is 3.15. The third kappa shape index (κ3) is 4.43. The van der Waals surface area contributed by atoms with Crippen molar-refractivity contribution in [3.63, 3.8) is 0 Å². The van der Waals surface area contributed by atoms with Gasteiger partial charge in [0, 0.05) is 12.3 Å². The van der Waals surface area contributed by atoms with Gasteiger partial charge in [0.05, 0.1) is 0 Å². The number of carbonyl (C=O) groups excluding carboxylic acids is 1. The van der Waals surface area contributed by atoms with Crippen LogP contribution in [0.25, 0.3) is 0 Å². The predicted molar refractivity (Wildman–Crippen MR) is 92.1 cm³/mol. The summed E-state index contributed by atoms with van der Waals surface area (Å²) in [5.41, 5.74) is 5.71. The van der Waals surface area contributed by atoms with E-state index in [0.29, 0.717) is 5.78 Å². The Morgan fingerprint density at radius 3 is 2.43 bits per heavy atom. The van der Waals surface area contributed by atoms with Crippen LogP contribution in [0.15, 0.2) is 12.1 Å². The molecule has 1 aliphatic rings. The molecule has 1 unspecified atom stereocenters. The van der Waals surface area contributed by atoms with Crippen molar-refractivity contribution < 1.29 is 4.79 Å². The number of rotatable bonds is 4. The molecule has 1 nitrogen and oxygen atoms in total. The van der Waals surface area contributed by atoms with E-state index < -0.39 is 0 Å². The van der Waals surface area contributed by atoms with Crippen LogP contribution in [-0.2, 0) is 24.1 Å². The van der Waals surface area contributed by atoms with Crippen molar-refractivity contribution >= 4 is 5.78 Å². The van der Waals surface area contributed by atoms with E-state index >= 15 is 0 Å². The summed E-state index contributed by atoms with van der Waals surface area (Å²) >= 11 is 0. The molecule has 1 aromatic rings. The molecule has 1 heteroatoms. The number of fused-ring (bicyclic) bond motifs is 1. The molecular weight excluding hydrogens is 256 g/mol. The van der Waals surface area contributed by atoms with Crippen molar-refractivity contribution in [2.45, 2.75) is 85.5 Å². The van der Waals surface area contributed by atoms with Gasteiger partial charge in [-0.1, -0.05) is 53.2 Å². The smallest absolute Gasteiger partial charge is 0.140 e. The van der Waals surface area contributed by atoms with Gasteiger partial charge in [-0.05, 0) is 54.4 Å². The minimum Gasteiger partial charge on any atom is -0.299 e. The van der Waals surface area contributed by atoms with E-state index in [4.69, 9.17) is 0 Å². The quantitative estimate of drug-likeness (QED) is 0.656. The summed E-state index contributed by atoms with van der Waals surface area (Å²) in [6, 6.07) is 4.73. The standard InChI is InChI=1S/C18H26O.C2H6/c1-4-6-8-15-12-17-13(3)18(19)10-7-9-16(17)11-14(15)5-2;1-2/h11-13H,4-10H2,1-3H3;1-2H3. The highest BCUT2D eigenvalue weighted by Crippen LogP contribution is 2.31. The monoisotopic (exact) mass is 288 g/mol. The van der Waals surface area contributed by atoms with Crippen LogP contribution < -0.4 is 0 Å². The van der Waals surface area contributed by atoms with Crippen LogP contribution >= 0.6 is 0 Å². The number of hydrogen-bond donors (Lipinski definition) is 0. The van der Waals surface area contributed by atoms with Crippen molar-refractivity contribution in [3.05, 3.63) is 34.4 Å². The van der Waals surface area contributed by atoms with Gasteiger partial charge in [0.15, 0.2) is 0 Å². The van der Waals surface area contributed by atoms with Gasteiger partial charge in [0.1, 0.15) is 5.78 Å². The lowest BCUT2D eigenvalue weighted by atomic mass is 9.87. The van der Waals surface area contributed by atoms with Crippen molar-refractivity contribution in [3.8, 4) is 0 Å². The predicted octanol–water partition coefficient (Wildman–Crippen LogP) is 5.63. The average molecular weight is 288 g/mol. The number of carbonyl (C=O) groups is 1. The minimum atomic E-state index is 0.101. The van der Waals surface area contributed by atoms with Crippen LogP contribution in [-0.4, -0.2) is 5.78 Å². The molecule has 1 atom stereocenters. The summed E-state index contributed by atoms with van der Waals surface area (Å²) in [4.78, 5) is 12.1. The van der Waals surface area contributed by atoms with Crippen LogP contribution in [0.5, 0.6) is 0 Å². The normalized spacial score (nSPS) is 17.6. The number of benzene rings is 1. The Kier molecular flexibility index (Phi) is 7.71. The molecule has 0 fully saturated rings. The topological polar surface area (TPSA) is 17.1 Å². The number of ketones is 1. The second-order valence-electron chi connectivity index (χ2n) is 5.82. The Balaban J connectivity index is 0.00000106. The second-order valence-corrected chi connectivity index (χ2v) is 5.82. The van der Waals surface area contributed by atoms with Gasteiger partial charge in [0.25, 0.3) is 0 Å². The highest BCUT2D eigenvalue weighted by atomic mass is 16.1. The van der Waals surface area contributed by atoms with Gasteiger partial charge in [-0.25, -0.2) is 0 Å². The lowest BCUT2D eigenvalue weighted by Crippen LogP contribution is -2.09. The van der Waals surface area contributed by atoms with Crippen LogP contribution in [0.2, 0.25) is 0 Å². The summed E-state index contributed by atoms with van der Waals surface area (Å²) in [5.74, 6) is 0.522. The van der Waals surface area contributed by atoms with Crippen LogP contribution in [0.3, 0.4) is 0 Å². The molecule has 0 N–H and O–H groups in total. The van der Waals surface area contributed by atoms with E-state index in [1.165, 1.54) is 35.1 Å². The molecule has 0 saturated carbocycles. The van der Waals surface area contributed by atoms with E-state index in [0.717, 1.165) is 32.1 Å². The van der Waals surface area contributed by atoms with E-state index in [1.807, 2.05) is 13.8 Å². The first kappa shape index (κ1) is 17.9. The highest BCUT2D eigenvalue weighted by molar-refractivity contribution is 5.86. The third-order valence-electron chi connectivity index (χ3n) is 4.46. The van der Waals surface area contributed by atoms with Gasteiger partial charge in [-0.3, -0.25) is 4.79 Å². The van der Waals surface area contributed by atoms with Gasteiger partial charge in [-0.15, -0.1) is 0 Å². The molecule has 0 aliphatic heterocycles. The molecule has 2 rings (SSSR count). The fourth-order valence-corrected chi connectivity index (χ4v) is 3.15. The van der Waals surface area contributed by atoms with Gasteiger partial charge < -0.3 is 0 Å². The van der Waals surface area contributed by atoms with Gasteiger partial charge >= 0.3 is 0 Å². The van der Waals surface area contributed by atoms with E-state index in [-0.39, 0.29) is 5.92 Å². The van der Waals surface area contributed by atoms with E-state index in [2.05, 4.69) is 32.9 Å². The van der Waals surface area contributed by atoms with Gasteiger partial charge in [0.2, 0.25) is 0 Å². The maximum absolute atomic E-state index is 12.1. The number of hydrogen-bond acceptors (Lipinski definition) is 1. The lowest BCUT2D eigenvalue weighted by molar-refractivity contribution is -0.120. The molecule has 0 heterocycles. The van der Waals surface area contributed by atoms with E-state index in [1.54, 1.807) is 0 Å². The number of unbranched alkanes of at least 4 members (excludes halogenated alkanes) is 1.